The van der Waals surface area contributed by atoms with Gasteiger partial charge < -0.3 is 29.9 Å². The lowest BCUT2D eigenvalue weighted by Gasteiger charge is -2.16. The maximum Gasteiger partial charge on any atom is 0.404 e. The number of hydrogen-bond donors (Lipinski definition) is 4. The Balaban J connectivity index is 1.57. The average Bonchev–Trinajstić information content (AvgIpc) is 3.58. The van der Waals surface area contributed by atoms with Gasteiger partial charge in [-0.2, -0.15) is 0 Å². The number of benzene rings is 1. The number of carboxylic acid groups (broad SMARTS) is 1. The van der Waals surface area contributed by atoms with Gasteiger partial charge in [0.25, 0.3) is 11.8 Å². The zero-order valence-electron chi connectivity index (χ0n) is 20.4. The lowest BCUT2D eigenvalue weighted by atomic mass is 9.91. The Labute approximate surface area is 213 Å². The van der Waals surface area contributed by atoms with Crippen LogP contribution in [0, 0.1) is 5.92 Å². The number of nitrogens with one attached hydrogen (secondary N) is 3. The third-order valence-corrected chi connectivity index (χ3v) is 5.67. The van der Waals surface area contributed by atoms with E-state index in [1.165, 1.54) is 6.26 Å². The molecule has 3 aromatic rings. The summed E-state index contributed by atoms with van der Waals surface area (Å²) in [6, 6.07) is 12.5. The standard InChI is InChI=1S/C26H30N4O7/c1-17(9-11-28-26(34)35)14-22(31)27-12-10-20(18-6-3-2-4-7-18)23(32)25-30-21(16-37-25)24(33)29-15-19-8-5-13-36-19/h2-8,13,16-17,20,28H,9-12,14-15H2,1H3,(H,27,31)(H,29,33)(H,34,35). The van der Waals surface area contributed by atoms with E-state index < -0.39 is 23.7 Å². The van der Waals surface area contributed by atoms with E-state index in [4.69, 9.17) is 13.9 Å². The molecule has 0 saturated heterocycles. The summed E-state index contributed by atoms with van der Waals surface area (Å²) in [4.78, 5) is 52.6. The summed E-state index contributed by atoms with van der Waals surface area (Å²) < 4.78 is 10.5. The van der Waals surface area contributed by atoms with E-state index in [9.17, 15) is 19.2 Å². The molecule has 0 saturated carbocycles. The lowest BCUT2D eigenvalue weighted by Crippen LogP contribution is -2.29. The number of Topliss-reactive ketones (excluding diaryl/α,β-unsaturated/α-hetero) is 1. The second-order valence-corrected chi connectivity index (χ2v) is 8.60. The van der Waals surface area contributed by atoms with Crippen molar-refractivity contribution >= 4 is 23.7 Å². The number of nitrogens with zero attached hydrogens (tertiary/aromatic N) is 1. The van der Waals surface area contributed by atoms with Crippen LogP contribution in [0.5, 0.6) is 0 Å². The summed E-state index contributed by atoms with van der Waals surface area (Å²) in [7, 11) is 0. The molecule has 11 nitrogen and oxygen atoms in total. The van der Waals surface area contributed by atoms with Crippen molar-refractivity contribution in [2.75, 3.05) is 13.1 Å². The number of carbonyl (C=O) groups is 4. The van der Waals surface area contributed by atoms with Crippen LogP contribution in [0.4, 0.5) is 4.79 Å². The van der Waals surface area contributed by atoms with Crippen molar-refractivity contribution in [3.05, 3.63) is 77.9 Å². The van der Waals surface area contributed by atoms with Crippen molar-refractivity contribution in [2.45, 2.75) is 38.6 Å². The molecular formula is C26H30N4O7. The van der Waals surface area contributed by atoms with Crippen LogP contribution in [-0.2, 0) is 11.3 Å². The monoisotopic (exact) mass is 510 g/mol. The molecule has 2 unspecified atom stereocenters. The number of amides is 3. The Bertz CT molecular complexity index is 1170. The highest BCUT2D eigenvalue weighted by molar-refractivity contribution is 5.99. The van der Waals surface area contributed by atoms with Gasteiger partial charge in [0.05, 0.1) is 18.7 Å². The minimum atomic E-state index is -1.10. The van der Waals surface area contributed by atoms with E-state index in [1.807, 2.05) is 37.3 Å². The second-order valence-electron chi connectivity index (χ2n) is 8.60. The average molecular weight is 511 g/mol. The molecule has 1 aromatic carbocycles. The molecule has 0 bridgehead atoms. The largest absolute Gasteiger partial charge is 0.467 e. The summed E-state index contributed by atoms with van der Waals surface area (Å²) >= 11 is 0. The van der Waals surface area contributed by atoms with Gasteiger partial charge >= 0.3 is 6.09 Å². The van der Waals surface area contributed by atoms with Crippen LogP contribution < -0.4 is 16.0 Å². The number of oxazole rings is 1. The van der Waals surface area contributed by atoms with Crippen molar-refractivity contribution in [1.82, 2.24) is 20.9 Å². The van der Waals surface area contributed by atoms with Crippen LogP contribution >= 0.6 is 0 Å². The zero-order valence-corrected chi connectivity index (χ0v) is 20.4. The fourth-order valence-electron chi connectivity index (χ4n) is 3.72. The molecule has 0 aliphatic rings. The number of hydrogen-bond acceptors (Lipinski definition) is 7. The van der Waals surface area contributed by atoms with Crippen molar-refractivity contribution < 1.29 is 33.1 Å². The normalized spacial score (nSPS) is 12.4. The topological polar surface area (TPSA) is 164 Å². The van der Waals surface area contributed by atoms with Gasteiger partial charge in [-0.3, -0.25) is 14.4 Å². The predicted octanol–water partition coefficient (Wildman–Crippen LogP) is 3.35. The van der Waals surface area contributed by atoms with Crippen LogP contribution in [0.2, 0.25) is 0 Å². The maximum atomic E-state index is 13.3. The summed E-state index contributed by atoms with van der Waals surface area (Å²) in [5, 5.41) is 16.4. The zero-order chi connectivity index (χ0) is 26.6. The maximum absolute atomic E-state index is 13.3. The quantitative estimate of drug-likeness (QED) is 0.240. The summed E-state index contributed by atoms with van der Waals surface area (Å²) in [6.45, 7) is 2.54. The number of rotatable bonds is 14. The molecule has 11 heteroatoms. The molecule has 0 fully saturated rings. The molecule has 0 aliphatic carbocycles. The first kappa shape index (κ1) is 27.2. The first-order valence-corrected chi connectivity index (χ1v) is 11.9. The fourth-order valence-corrected chi connectivity index (χ4v) is 3.72. The highest BCUT2D eigenvalue weighted by atomic mass is 16.4. The van der Waals surface area contributed by atoms with E-state index >= 15 is 0 Å². The van der Waals surface area contributed by atoms with Crippen molar-refractivity contribution in [2.24, 2.45) is 5.92 Å². The third-order valence-electron chi connectivity index (χ3n) is 5.67. The van der Waals surface area contributed by atoms with Crippen LogP contribution in [0.3, 0.4) is 0 Å². The number of carbonyl (C=O) groups excluding carboxylic acids is 3. The fraction of sp³-hybridized carbons (Fsp3) is 0.346. The minimum Gasteiger partial charge on any atom is -0.467 e. The summed E-state index contributed by atoms with van der Waals surface area (Å²) in [6.07, 6.45) is 2.61. The van der Waals surface area contributed by atoms with Gasteiger partial charge in [-0.1, -0.05) is 37.3 Å². The summed E-state index contributed by atoms with van der Waals surface area (Å²) in [5.41, 5.74) is 0.707. The van der Waals surface area contributed by atoms with Gasteiger partial charge in [-0.15, -0.1) is 0 Å². The van der Waals surface area contributed by atoms with Gasteiger partial charge in [0, 0.05) is 19.5 Å². The lowest BCUT2D eigenvalue weighted by molar-refractivity contribution is -0.121. The minimum absolute atomic E-state index is 0.0110. The number of ketones is 1. The number of aromatic nitrogens is 1. The number of furan rings is 1. The van der Waals surface area contributed by atoms with Gasteiger partial charge in [-0.05, 0) is 36.5 Å². The van der Waals surface area contributed by atoms with E-state index in [2.05, 4.69) is 20.9 Å². The third kappa shape index (κ3) is 8.64. The Morgan fingerprint density at radius 3 is 2.41 bits per heavy atom. The van der Waals surface area contributed by atoms with Gasteiger partial charge in [0.2, 0.25) is 11.7 Å². The Morgan fingerprint density at radius 2 is 1.70 bits per heavy atom. The predicted molar refractivity (Wildman–Crippen MR) is 132 cm³/mol. The van der Waals surface area contributed by atoms with Crippen molar-refractivity contribution in [3.63, 3.8) is 0 Å². The molecule has 2 atom stereocenters. The summed E-state index contributed by atoms with van der Waals surface area (Å²) in [5.74, 6) is -1.37. The molecular weight excluding hydrogens is 480 g/mol. The molecule has 3 rings (SSSR count). The molecule has 0 spiro atoms. The Kier molecular flexibility index (Phi) is 10.0. The molecule has 4 N–H and O–H groups in total. The molecule has 37 heavy (non-hydrogen) atoms. The van der Waals surface area contributed by atoms with E-state index in [0.29, 0.717) is 18.6 Å². The SMILES string of the molecule is CC(CCNC(=O)O)CC(=O)NCCC(C(=O)c1nc(C(=O)NCc2ccco2)co1)c1ccccc1. The first-order valence-electron chi connectivity index (χ1n) is 11.9. The molecule has 196 valence electrons. The highest BCUT2D eigenvalue weighted by Gasteiger charge is 2.27. The van der Waals surface area contributed by atoms with Crippen molar-refractivity contribution in [3.8, 4) is 0 Å². The van der Waals surface area contributed by atoms with Crippen LogP contribution in [0.1, 0.15) is 64.6 Å². The molecule has 2 aromatic heterocycles. The van der Waals surface area contributed by atoms with Crippen LogP contribution in [0.15, 0.2) is 63.8 Å². The molecule has 3 amide bonds. The molecule has 2 heterocycles. The van der Waals surface area contributed by atoms with E-state index in [-0.39, 0.29) is 49.5 Å². The van der Waals surface area contributed by atoms with E-state index in [0.717, 1.165) is 11.8 Å². The van der Waals surface area contributed by atoms with E-state index in [1.54, 1.807) is 12.1 Å². The Hall–Kier alpha value is -4.41. The van der Waals surface area contributed by atoms with Crippen molar-refractivity contribution in [1.29, 1.82) is 0 Å². The van der Waals surface area contributed by atoms with Crippen LogP contribution in [-0.4, -0.2) is 46.9 Å². The van der Waals surface area contributed by atoms with Gasteiger partial charge in [0.1, 0.15) is 12.0 Å². The van der Waals surface area contributed by atoms with Gasteiger partial charge in [-0.25, -0.2) is 9.78 Å². The van der Waals surface area contributed by atoms with Crippen LogP contribution in [0.25, 0.3) is 0 Å². The van der Waals surface area contributed by atoms with Gasteiger partial charge in [0.15, 0.2) is 5.69 Å². The second kappa shape index (κ2) is 13.6. The first-order chi connectivity index (χ1) is 17.8. The Morgan fingerprint density at radius 1 is 0.946 bits per heavy atom. The molecule has 0 radical (unpaired) electrons. The smallest absolute Gasteiger partial charge is 0.404 e. The molecule has 0 aliphatic heterocycles. The highest BCUT2D eigenvalue weighted by Crippen LogP contribution is 2.24.